The number of hydrogen-bond donors (Lipinski definition) is 0. The SMILES string of the molecule is CCC(C)CC(=O)N1CCC1. The van der Waals surface area contributed by atoms with Crippen molar-refractivity contribution in [1.29, 1.82) is 0 Å². The molecule has 0 aromatic carbocycles. The molecule has 1 unspecified atom stereocenters. The first kappa shape index (κ1) is 8.57. The summed E-state index contributed by atoms with van der Waals surface area (Å²) < 4.78 is 0. The van der Waals surface area contributed by atoms with Crippen LogP contribution in [0.3, 0.4) is 0 Å². The molecule has 0 aromatic rings. The second-order valence-corrected chi connectivity index (χ2v) is 3.45. The molecule has 0 spiro atoms. The molecule has 1 heterocycles. The van der Waals surface area contributed by atoms with Gasteiger partial charge in [0.15, 0.2) is 0 Å². The van der Waals surface area contributed by atoms with Crippen molar-refractivity contribution in [2.24, 2.45) is 5.92 Å². The van der Waals surface area contributed by atoms with E-state index in [4.69, 9.17) is 0 Å². The molecule has 0 aliphatic carbocycles. The summed E-state index contributed by atoms with van der Waals surface area (Å²) in [4.78, 5) is 13.3. The van der Waals surface area contributed by atoms with Gasteiger partial charge in [0.1, 0.15) is 0 Å². The van der Waals surface area contributed by atoms with Crippen LogP contribution in [0, 0.1) is 5.92 Å². The summed E-state index contributed by atoms with van der Waals surface area (Å²) in [7, 11) is 0. The topological polar surface area (TPSA) is 20.3 Å². The van der Waals surface area contributed by atoms with Crippen LogP contribution in [0.15, 0.2) is 0 Å². The fraction of sp³-hybridized carbons (Fsp3) is 0.889. The van der Waals surface area contributed by atoms with Crippen LogP contribution >= 0.6 is 0 Å². The maximum atomic E-state index is 11.3. The van der Waals surface area contributed by atoms with E-state index >= 15 is 0 Å². The Hall–Kier alpha value is -0.530. The lowest BCUT2D eigenvalue weighted by Gasteiger charge is -2.31. The fourth-order valence-corrected chi connectivity index (χ4v) is 1.14. The molecule has 64 valence electrons. The number of carbonyl (C=O) groups excluding carboxylic acids is 1. The van der Waals surface area contributed by atoms with Crippen molar-refractivity contribution in [1.82, 2.24) is 4.90 Å². The van der Waals surface area contributed by atoms with Crippen molar-refractivity contribution < 1.29 is 4.79 Å². The lowest BCUT2D eigenvalue weighted by atomic mass is 10.0. The van der Waals surface area contributed by atoms with Gasteiger partial charge < -0.3 is 4.90 Å². The van der Waals surface area contributed by atoms with Gasteiger partial charge in [0.05, 0.1) is 0 Å². The molecule has 2 heteroatoms. The Bertz CT molecular complexity index is 140. The highest BCUT2D eigenvalue weighted by atomic mass is 16.2. The van der Waals surface area contributed by atoms with E-state index in [-0.39, 0.29) is 0 Å². The van der Waals surface area contributed by atoms with Gasteiger partial charge in [-0.2, -0.15) is 0 Å². The van der Waals surface area contributed by atoms with Crippen LogP contribution in [0.4, 0.5) is 0 Å². The van der Waals surface area contributed by atoms with E-state index in [1.54, 1.807) is 0 Å². The second-order valence-electron chi connectivity index (χ2n) is 3.45. The Kier molecular flexibility index (Phi) is 2.92. The zero-order valence-corrected chi connectivity index (χ0v) is 7.47. The van der Waals surface area contributed by atoms with E-state index in [1.165, 1.54) is 6.42 Å². The minimum Gasteiger partial charge on any atom is -0.343 e. The third kappa shape index (κ3) is 2.21. The molecular weight excluding hydrogens is 138 g/mol. The van der Waals surface area contributed by atoms with Crippen molar-refractivity contribution in [2.75, 3.05) is 13.1 Å². The molecule has 1 aliphatic heterocycles. The van der Waals surface area contributed by atoms with E-state index in [0.717, 1.165) is 25.9 Å². The highest BCUT2D eigenvalue weighted by molar-refractivity contribution is 5.77. The van der Waals surface area contributed by atoms with Crippen LogP contribution in [0.2, 0.25) is 0 Å². The number of carbonyl (C=O) groups is 1. The Morgan fingerprint density at radius 2 is 2.18 bits per heavy atom. The lowest BCUT2D eigenvalue weighted by molar-refractivity contribution is -0.135. The highest BCUT2D eigenvalue weighted by Crippen LogP contribution is 2.13. The molecule has 1 saturated heterocycles. The average Bonchev–Trinajstić information content (AvgIpc) is 1.83. The van der Waals surface area contributed by atoms with Gasteiger partial charge in [-0.3, -0.25) is 4.79 Å². The molecular formula is C9H17NO. The molecule has 1 atom stereocenters. The van der Waals surface area contributed by atoms with Gasteiger partial charge >= 0.3 is 0 Å². The van der Waals surface area contributed by atoms with E-state index in [9.17, 15) is 4.79 Å². The Labute approximate surface area is 68.6 Å². The van der Waals surface area contributed by atoms with Gasteiger partial charge in [0.25, 0.3) is 0 Å². The molecule has 1 fully saturated rings. The Morgan fingerprint density at radius 3 is 2.55 bits per heavy atom. The average molecular weight is 155 g/mol. The first-order valence-corrected chi connectivity index (χ1v) is 4.51. The molecule has 1 aliphatic rings. The van der Waals surface area contributed by atoms with Crippen LogP contribution in [0.25, 0.3) is 0 Å². The van der Waals surface area contributed by atoms with Crippen LogP contribution in [-0.4, -0.2) is 23.9 Å². The Balaban J connectivity index is 2.19. The molecule has 0 saturated carbocycles. The summed E-state index contributed by atoms with van der Waals surface area (Å²) in [6, 6.07) is 0. The first-order valence-electron chi connectivity index (χ1n) is 4.51. The maximum Gasteiger partial charge on any atom is 0.222 e. The van der Waals surface area contributed by atoms with Crippen molar-refractivity contribution in [2.45, 2.75) is 33.1 Å². The van der Waals surface area contributed by atoms with Gasteiger partial charge in [-0.25, -0.2) is 0 Å². The van der Waals surface area contributed by atoms with Crippen LogP contribution in [-0.2, 0) is 4.79 Å². The molecule has 11 heavy (non-hydrogen) atoms. The van der Waals surface area contributed by atoms with Crippen molar-refractivity contribution >= 4 is 5.91 Å². The number of hydrogen-bond acceptors (Lipinski definition) is 1. The molecule has 1 rings (SSSR count). The number of rotatable bonds is 3. The smallest absolute Gasteiger partial charge is 0.222 e. The quantitative estimate of drug-likeness (QED) is 0.607. The highest BCUT2D eigenvalue weighted by Gasteiger charge is 2.20. The summed E-state index contributed by atoms with van der Waals surface area (Å²) in [5.41, 5.74) is 0. The van der Waals surface area contributed by atoms with Gasteiger partial charge in [-0.05, 0) is 12.3 Å². The number of amides is 1. The van der Waals surface area contributed by atoms with Gasteiger partial charge in [0.2, 0.25) is 5.91 Å². The van der Waals surface area contributed by atoms with E-state index in [1.807, 2.05) is 4.90 Å². The lowest BCUT2D eigenvalue weighted by Crippen LogP contribution is -2.42. The fourth-order valence-electron chi connectivity index (χ4n) is 1.14. The Morgan fingerprint density at radius 1 is 1.55 bits per heavy atom. The standard InChI is InChI=1S/C9H17NO/c1-3-8(2)7-9(11)10-5-4-6-10/h8H,3-7H2,1-2H3. The summed E-state index contributed by atoms with van der Waals surface area (Å²) in [6.45, 7) is 6.26. The third-order valence-electron chi connectivity index (χ3n) is 2.43. The predicted molar refractivity (Wildman–Crippen MR) is 45.3 cm³/mol. The summed E-state index contributed by atoms with van der Waals surface area (Å²) >= 11 is 0. The second kappa shape index (κ2) is 3.74. The van der Waals surface area contributed by atoms with Crippen LogP contribution in [0.5, 0.6) is 0 Å². The molecule has 2 nitrogen and oxygen atoms in total. The minimum absolute atomic E-state index is 0.352. The van der Waals surface area contributed by atoms with Gasteiger partial charge in [0, 0.05) is 19.5 Å². The molecule has 0 N–H and O–H groups in total. The predicted octanol–water partition coefficient (Wildman–Crippen LogP) is 1.65. The number of likely N-dealkylation sites (tertiary alicyclic amines) is 1. The molecule has 0 aromatic heterocycles. The van der Waals surface area contributed by atoms with Gasteiger partial charge in [-0.1, -0.05) is 20.3 Å². The zero-order chi connectivity index (χ0) is 8.27. The normalized spacial score (nSPS) is 19.3. The van der Waals surface area contributed by atoms with Gasteiger partial charge in [-0.15, -0.1) is 0 Å². The molecule has 0 radical (unpaired) electrons. The van der Waals surface area contributed by atoms with Crippen molar-refractivity contribution in [3.8, 4) is 0 Å². The third-order valence-corrected chi connectivity index (χ3v) is 2.43. The van der Waals surface area contributed by atoms with Crippen molar-refractivity contribution in [3.05, 3.63) is 0 Å². The minimum atomic E-state index is 0.352. The van der Waals surface area contributed by atoms with Crippen LogP contribution in [0.1, 0.15) is 33.1 Å². The van der Waals surface area contributed by atoms with E-state index in [0.29, 0.717) is 11.8 Å². The zero-order valence-electron chi connectivity index (χ0n) is 7.47. The summed E-state index contributed by atoms with van der Waals surface area (Å²) in [5.74, 6) is 0.911. The first-order chi connectivity index (χ1) is 5.24. The molecule has 1 amide bonds. The monoisotopic (exact) mass is 155 g/mol. The largest absolute Gasteiger partial charge is 0.343 e. The van der Waals surface area contributed by atoms with E-state index in [2.05, 4.69) is 13.8 Å². The summed E-state index contributed by atoms with van der Waals surface area (Å²) in [5, 5.41) is 0. The van der Waals surface area contributed by atoms with E-state index < -0.39 is 0 Å². The van der Waals surface area contributed by atoms with Crippen molar-refractivity contribution in [3.63, 3.8) is 0 Å². The summed E-state index contributed by atoms with van der Waals surface area (Å²) in [6.07, 6.45) is 3.06. The number of nitrogens with zero attached hydrogens (tertiary/aromatic N) is 1. The van der Waals surface area contributed by atoms with Crippen LogP contribution < -0.4 is 0 Å². The maximum absolute atomic E-state index is 11.3. The molecule has 0 bridgehead atoms.